The smallest absolute Gasteiger partial charge is 0.373 e. The van der Waals surface area contributed by atoms with Crippen LogP contribution in [0.25, 0.3) is 0 Å². The lowest BCUT2D eigenvalue weighted by Gasteiger charge is -2.51. The van der Waals surface area contributed by atoms with Crippen LogP contribution in [0.1, 0.15) is 95.9 Å². The number of cyclic esters (lactones) is 1. The molecule has 14 heteroatoms. The number of hydrogen-bond donors (Lipinski definition) is 4. The first-order chi connectivity index (χ1) is 28.0. The zero-order valence-electron chi connectivity index (χ0n) is 38.6. The van der Waals surface area contributed by atoms with E-state index in [0.717, 1.165) is 5.57 Å². The molecule has 344 valence electrons. The van der Waals surface area contributed by atoms with E-state index in [0.29, 0.717) is 12.0 Å². The lowest BCUT2D eigenvalue weighted by Crippen LogP contribution is -2.62. The molecule has 4 N–H and O–H groups in total. The third-order valence-electron chi connectivity index (χ3n) is 12.5. The molecule has 0 aromatic carbocycles. The van der Waals surface area contributed by atoms with Crippen LogP contribution >= 0.6 is 0 Å². The molecule has 2 saturated heterocycles. The van der Waals surface area contributed by atoms with Crippen LogP contribution in [-0.2, 0) is 47.5 Å². The molecular weight excluding hydrogens is 776 g/mol. The van der Waals surface area contributed by atoms with Crippen molar-refractivity contribution in [2.45, 2.75) is 169 Å². The minimum atomic E-state index is -1.93. The highest BCUT2D eigenvalue weighted by molar-refractivity contribution is 5.87. The van der Waals surface area contributed by atoms with Crippen molar-refractivity contribution in [3.05, 3.63) is 47.3 Å². The number of ether oxygens (including phenoxy) is 8. The van der Waals surface area contributed by atoms with Gasteiger partial charge >= 0.3 is 11.9 Å². The molecule has 0 spiro atoms. The van der Waals surface area contributed by atoms with Crippen molar-refractivity contribution in [1.29, 1.82) is 0 Å². The number of aliphatic hydroxyl groups excluding tert-OH is 3. The molecule has 0 aliphatic carbocycles. The first kappa shape index (κ1) is 51.7. The number of allylic oxidation sites excluding steroid dienone is 5. The van der Waals surface area contributed by atoms with Gasteiger partial charge in [0.1, 0.15) is 36.6 Å². The average molecular weight is 853 g/mol. The summed E-state index contributed by atoms with van der Waals surface area (Å²) in [6.07, 6.45) is -0.594. The highest BCUT2D eigenvalue weighted by atomic mass is 16.7. The summed E-state index contributed by atoms with van der Waals surface area (Å²) in [5.41, 5.74) is 1.71. The van der Waals surface area contributed by atoms with Gasteiger partial charge < -0.3 is 58.3 Å². The molecule has 0 saturated carbocycles. The Hall–Kier alpha value is -2.66. The minimum absolute atomic E-state index is 0.0430. The molecule has 0 bridgehead atoms. The largest absolute Gasteiger partial charge is 0.490 e. The minimum Gasteiger partial charge on any atom is -0.490 e. The van der Waals surface area contributed by atoms with Gasteiger partial charge in [-0.25, -0.2) is 4.79 Å². The van der Waals surface area contributed by atoms with Crippen molar-refractivity contribution >= 4 is 11.9 Å². The third kappa shape index (κ3) is 12.7. The summed E-state index contributed by atoms with van der Waals surface area (Å²) in [6.45, 7) is 22.3. The summed E-state index contributed by atoms with van der Waals surface area (Å²) >= 11 is 0. The Balaban J connectivity index is 2.01. The predicted octanol–water partition coefficient (Wildman–Crippen LogP) is 5.41. The molecule has 3 aliphatic heterocycles. The quantitative estimate of drug-likeness (QED) is 0.183. The topological polar surface area (TPSA) is 189 Å². The van der Waals surface area contributed by atoms with E-state index in [4.69, 9.17) is 37.9 Å². The van der Waals surface area contributed by atoms with Crippen LogP contribution in [0.5, 0.6) is 0 Å². The van der Waals surface area contributed by atoms with Gasteiger partial charge in [-0.15, -0.1) is 0 Å². The average Bonchev–Trinajstić information content (AvgIpc) is 3.18. The Morgan fingerprint density at radius 1 is 0.933 bits per heavy atom. The third-order valence-corrected chi connectivity index (χ3v) is 12.5. The Labute approximate surface area is 358 Å². The maximum absolute atomic E-state index is 14.0. The molecule has 14 nitrogen and oxygen atoms in total. The van der Waals surface area contributed by atoms with Crippen molar-refractivity contribution in [1.82, 2.24) is 0 Å². The molecule has 0 amide bonds. The van der Waals surface area contributed by atoms with Crippen LogP contribution in [0.15, 0.2) is 47.3 Å². The van der Waals surface area contributed by atoms with Crippen molar-refractivity contribution < 1.29 is 67.9 Å². The Kier molecular flexibility index (Phi) is 19.5. The van der Waals surface area contributed by atoms with Gasteiger partial charge in [0, 0.05) is 44.3 Å². The molecule has 12 unspecified atom stereocenters. The van der Waals surface area contributed by atoms with Crippen LogP contribution in [0, 0.1) is 41.4 Å². The highest BCUT2D eigenvalue weighted by Gasteiger charge is 2.54. The molecule has 0 radical (unpaired) electrons. The molecule has 2 fully saturated rings. The van der Waals surface area contributed by atoms with Crippen molar-refractivity contribution in [3.63, 3.8) is 0 Å². The Morgan fingerprint density at radius 3 is 2.15 bits per heavy atom. The number of rotatable bonds is 12. The second-order valence-electron chi connectivity index (χ2n) is 18.1. The molecule has 17 atom stereocenters. The Morgan fingerprint density at radius 2 is 1.58 bits per heavy atom. The molecule has 3 aliphatic rings. The van der Waals surface area contributed by atoms with E-state index in [9.17, 15) is 30.0 Å². The maximum atomic E-state index is 14.0. The van der Waals surface area contributed by atoms with E-state index in [1.165, 1.54) is 21.3 Å². The van der Waals surface area contributed by atoms with Gasteiger partial charge in [-0.1, -0.05) is 97.8 Å². The molecule has 3 rings (SSSR count). The van der Waals surface area contributed by atoms with Gasteiger partial charge in [0.2, 0.25) is 5.76 Å². The zero-order chi connectivity index (χ0) is 45.4. The summed E-state index contributed by atoms with van der Waals surface area (Å²) in [5, 5.41) is 45.8. The number of aliphatic hydroxyl groups is 4. The van der Waals surface area contributed by atoms with Crippen LogP contribution in [0.3, 0.4) is 0 Å². The van der Waals surface area contributed by atoms with Crippen LogP contribution in [0.4, 0.5) is 0 Å². The predicted molar refractivity (Wildman–Crippen MR) is 225 cm³/mol. The fraction of sp³-hybridized carbons (Fsp3) is 0.783. The Bertz CT molecular complexity index is 1520. The van der Waals surface area contributed by atoms with E-state index < -0.39 is 90.9 Å². The summed E-state index contributed by atoms with van der Waals surface area (Å²) in [6, 6.07) is 0. The summed E-state index contributed by atoms with van der Waals surface area (Å²) in [4.78, 5) is 26.7. The van der Waals surface area contributed by atoms with Crippen molar-refractivity contribution in [2.24, 2.45) is 41.4 Å². The van der Waals surface area contributed by atoms with Gasteiger partial charge in [0.25, 0.3) is 0 Å². The van der Waals surface area contributed by atoms with Gasteiger partial charge in [-0.2, -0.15) is 0 Å². The van der Waals surface area contributed by atoms with Crippen molar-refractivity contribution in [3.8, 4) is 0 Å². The molecular formula is C46H76O14. The molecule has 60 heavy (non-hydrogen) atoms. The summed E-state index contributed by atoms with van der Waals surface area (Å²) < 4.78 is 48.1. The molecule has 3 heterocycles. The van der Waals surface area contributed by atoms with E-state index in [1.54, 1.807) is 46.8 Å². The summed E-state index contributed by atoms with van der Waals surface area (Å²) in [5.74, 6) is -5.78. The van der Waals surface area contributed by atoms with E-state index >= 15 is 0 Å². The van der Waals surface area contributed by atoms with Crippen molar-refractivity contribution in [2.75, 3.05) is 21.3 Å². The van der Waals surface area contributed by atoms with Crippen LogP contribution < -0.4 is 0 Å². The number of carbonyl (C=O) groups is 2. The second kappa shape index (κ2) is 22.6. The number of esters is 2. The highest BCUT2D eigenvalue weighted by Crippen LogP contribution is 2.44. The molecule has 0 aromatic heterocycles. The summed E-state index contributed by atoms with van der Waals surface area (Å²) in [7, 11) is 4.24. The van der Waals surface area contributed by atoms with Crippen LogP contribution in [0.2, 0.25) is 0 Å². The monoisotopic (exact) mass is 853 g/mol. The number of hydrogen-bond acceptors (Lipinski definition) is 14. The fourth-order valence-corrected chi connectivity index (χ4v) is 8.71. The second-order valence-corrected chi connectivity index (χ2v) is 18.1. The van der Waals surface area contributed by atoms with Crippen LogP contribution in [-0.4, -0.2) is 127 Å². The number of methoxy groups -OCH3 is 3. The fourth-order valence-electron chi connectivity index (χ4n) is 8.71. The SMILES string of the molecule is CO/C1=C\C(C)=C\C(C)C(OC(=O)C(C)C)C(C)C/C(C)=C\C=C\C(OC)C(C(C)C(O)C(C)C2(O)CC(O[C@@H]3O[C@@H](C)[C@H](O)[C@@H](O)[C@H]3OC)C(C)C(C(C)C)O2)OC1=O. The number of carbonyl (C=O) groups excluding carboxylic acids is 2. The van der Waals surface area contributed by atoms with E-state index in [-0.39, 0.29) is 47.7 Å². The van der Waals surface area contributed by atoms with E-state index in [1.807, 2.05) is 66.7 Å². The maximum Gasteiger partial charge on any atom is 0.373 e. The van der Waals surface area contributed by atoms with Gasteiger partial charge in [-0.3, -0.25) is 4.79 Å². The van der Waals surface area contributed by atoms with Gasteiger partial charge in [-0.05, 0) is 45.1 Å². The molecule has 0 aromatic rings. The lowest BCUT2D eigenvalue weighted by atomic mass is 9.76. The lowest BCUT2D eigenvalue weighted by molar-refractivity contribution is -0.362. The van der Waals surface area contributed by atoms with Gasteiger partial charge in [0.15, 0.2) is 12.1 Å². The first-order valence-corrected chi connectivity index (χ1v) is 21.5. The van der Waals surface area contributed by atoms with Gasteiger partial charge in [0.05, 0.1) is 37.4 Å². The van der Waals surface area contributed by atoms with E-state index in [2.05, 4.69) is 0 Å². The zero-order valence-corrected chi connectivity index (χ0v) is 38.6. The standard InChI is InChI=1S/C46H76O14/c1-23(2)39-29(9)35(57-45-42(55-15)38(49)37(48)32(12)56-45)22-46(52,60-39)31(11)36(47)30(10)41-33(53-13)18-16-17-25(5)19-27(7)40(58-43(50)24(3)4)28(8)20-26(6)21-34(54-14)44(51)59-41/h16-18,20-21,23-24,27-33,35-42,45,47-49,52H,19,22H2,1-15H3/b18-16+,25-17-,26-20+,34-21-/t27?,28?,29?,30?,31?,32-,33?,35?,36?,37-,38+,39?,40?,41?,42+,45-,46?/m0/s1. The normalized spacial score (nSPS) is 41.1. The first-order valence-electron chi connectivity index (χ1n) is 21.5.